The fraction of sp³-hybridized carbons (Fsp3) is 0.444. The summed E-state index contributed by atoms with van der Waals surface area (Å²) in [6.07, 6.45) is 6.43. The minimum atomic E-state index is -0.356. The van der Waals surface area contributed by atoms with Crippen molar-refractivity contribution >= 4 is 11.8 Å². The molecule has 1 N–H and O–H groups in total. The van der Waals surface area contributed by atoms with Gasteiger partial charge in [0.05, 0.1) is 0 Å². The minimum Gasteiger partial charge on any atom is -0.351 e. The molecule has 122 valence electrons. The Balaban J connectivity index is 1.74. The number of amides is 2. The van der Waals surface area contributed by atoms with Gasteiger partial charge in [-0.3, -0.25) is 9.59 Å². The average Bonchev–Trinajstić information content (AvgIpc) is 2.57. The number of rotatable bonds is 3. The Morgan fingerprint density at radius 3 is 2.78 bits per heavy atom. The molecule has 2 aliphatic rings. The van der Waals surface area contributed by atoms with Gasteiger partial charge in [-0.25, -0.2) is 4.39 Å². The third-order valence-corrected chi connectivity index (χ3v) is 4.99. The molecule has 5 heteroatoms. The van der Waals surface area contributed by atoms with Crippen LogP contribution in [0.15, 0.2) is 36.0 Å². The van der Waals surface area contributed by atoms with Crippen LogP contribution in [0.25, 0.3) is 0 Å². The van der Waals surface area contributed by atoms with Crippen LogP contribution < -0.4 is 5.32 Å². The maximum Gasteiger partial charge on any atom is 0.251 e. The van der Waals surface area contributed by atoms with Gasteiger partial charge in [-0.15, -0.1) is 0 Å². The van der Waals surface area contributed by atoms with Crippen molar-refractivity contribution in [2.45, 2.75) is 32.1 Å². The molecule has 1 heterocycles. The Morgan fingerprint density at radius 2 is 2.04 bits per heavy atom. The number of fused-ring (bicyclic) bond motifs is 1. The number of hydrogen-bond acceptors (Lipinski definition) is 2. The highest BCUT2D eigenvalue weighted by Crippen LogP contribution is 2.45. The summed E-state index contributed by atoms with van der Waals surface area (Å²) in [5.74, 6) is -0.424. The number of benzene rings is 1. The average molecular weight is 316 g/mol. The lowest BCUT2D eigenvalue weighted by molar-refractivity contribution is -0.132. The second-order valence-electron chi connectivity index (χ2n) is 6.40. The number of halogens is 1. The number of likely N-dealkylation sites (tertiary alicyclic amines) is 1. The molecule has 23 heavy (non-hydrogen) atoms. The first kappa shape index (κ1) is 15.7. The first-order valence-electron chi connectivity index (χ1n) is 8.03. The van der Waals surface area contributed by atoms with Crippen LogP contribution >= 0.6 is 0 Å². The zero-order valence-electron chi connectivity index (χ0n) is 13.3. The first-order chi connectivity index (χ1) is 11.0. The second kappa shape index (κ2) is 6.14. The fourth-order valence-electron chi connectivity index (χ4n) is 3.64. The van der Waals surface area contributed by atoms with Crippen molar-refractivity contribution in [2.75, 3.05) is 13.6 Å². The van der Waals surface area contributed by atoms with E-state index in [0.717, 1.165) is 31.4 Å². The summed E-state index contributed by atoms with van der Waals surface area (Å²) in [4.78, 5) is 26.0. The van der Waals surface area contributed by atoms with Gasteiger partial charge in [0.25, 0.3) is 5.91 Å². The van der Waals surface area contributed by atoms with Gasteiger partial charge in [0.15, 0.2) is 0 Å². The van der Waals surface area contributed by atoms with Crippen molar-refractivity contribution in [1.29, 1.82) is 0 Å². The van der Waals surface area contributed by atoms with Crippen molar-refractivity contribution in [2.24, 2.45) is 5.41 Å². The molecular weight excluding hydrogens is 295 g/mol. The molecule has 1 aromatic carbocycles. The Hall–Kier alpha value is -2.17. The Kier molecular flexibility index (Phi) is 4.20. The third kappa shape index (κ3) is 3.00. The van der Waals surface area contributed by atoms with E-state index in [4.69, 9.17) is 0 Å². The van der Waals surface area contributed by atoms with Gasteiger partial charge in [-0.2, -0.15) is 0 Å². The van der Waals surface area contributed by atoms with Crippen LogP contribution in [0.2, 0.25) is 0 Å². The Morgan fingerprint density at radius 1 is 1.30 bits per heavy atom. The molecule has 1 fully saturated rings. The molecule has 1 aromatic rings. The number of allylic oxidation sites excluding steroid dienone is 1. The molecule has 0 spiro atoms. The predicted molar refractivity (Wildman–Crippen MR) is 85.1 cm³/mol. The maximum atomic E-state index is 13.0. The van der Waals surface area contributed by atoms with Crippen LogP contribution in [0.4, 0.5) is 4.39 Å². The summed E-state index contributed by atoms with van der Waals surface area (Å²) in [5.41, 5.74) is 1.33. The molecule has 1 atom stereocenters. The lowest BCUT2D eigenvalue weighted by atomic mass is 9.70. The van der Waals surface area contributed by atoms with Crippen LogP contribution in [0.1, 0.15) is 42.5 Å². The van der Waals surface area contributed by atoms with Crippen molar-refractivity contribution in [3.63, 3.8) is 0 Å². The van der Waals surface area contributed by atoms with Crippen LogP contribution in [-0.2, 0) is 4.79 Å². The van der Waals surface area contributed by atoms with Gasteiger partial charge in [0.2, 0.25) is 5.91 Å². The van der Waals surface area contributed by atoms with E-state index >= 15 is 0 Å². The molecule has 0 bridgehead atoms. The summed E-state index contributed by atoms with van der Waals surface area (Å²) in [6.45, 7) is 0.507. The molecule has 1 aliphatic heterocycles. The van der Waals surface area contributed by atoms with Crippen LogP contribution in [-0.4, -0.2) is 30.3 Å². The monoisotopic (exact) mass is 316 g/mol. The van der Waals surface area contributed by atoms with E-state index in [1.54, 1.807) is 4.90 Å². The van der Waals surface area contributed by atoms with Crippen molar-refractivity contribution < 1.29 is 14.0 Å². The maximum absolute atomic E-state index is 13.0. The first-order valence-corrected chi connectivity index (χ1v) is 8.03. The summed E-state index contributed by atoms with van der Waals surface area (Å²) >= 11 is 0. The number of piperidine rings is 1. The van der Waals surface area contributed by atoms with Crippen molar-refractivity contribution in [3.8, 4) is 0 Å². The highest BCUT2D eigenvalue weighted by molar-refractivity contribution is 5.94. The fourth-order valence-corrected chi connectivity index (χ4v) is 3.64. The standard InChI is InChI=1S/C18H21FN2O2/c1-21-15-4-2-3-10-18(15,11-9-16(21)22)12-20-17(23)13-5-7-14(19)8-6-13/h4-8H,2-3,9-12H2,1H3,(H,20,23)/t18-/m0/s1. The number of carbonyl (C=O) groups is 2. The quantitative estimate of drug-likeness (QED) is 0.932. The number of carbonyl (C=O) groups excluding carboxylic acids is 2. The van der Waals surface area contributed by atoms with Crippen LogP contribution in [0, 0.1) is 11.2 Å². The number of nitrogens with one attached hydrogen (secondary N) is 1. The minimum absolute atomic E-state index is 0.138. The van der Waals surface area contributed by atoms with Crippen molar-refractivity contribution in [3.05, 3.63) is 47.4 Å². The molecule has 1 aliphatic carbocycles. The topological polar surface area (TPSA) is 49.4 Å². The zero-order valence-corrected chi connectivity index (χ0v) is 13.3. The normalized spacial score (nSPS) is 24.0. The molecule has 4 nitrogen and oxygen atoms in total. The van der Waals surface area contributed by atoms with E-state index in [9.17, 15) is 14.0 Å². The lowest BCUT2D eigenvalue weighted by Crippen LogP contribution is -2.49. The predicted octanol–water partition coefficient (Wildman–Crippen LogP) is 2.86. The molecule has 2 amide bonds. The Labute approximate surface area is 135 Å². The Bertz CT molecular complexity index is 653. The largest absolute Gasteiger partial charge is 0.351 e. The van der Waals surface area contributed by atoms with Crippen molar-refractivity contribution in [1.82, 2.24) is 10.2 Å². The van der Waals surface area contributed by atoms with Gasteiger partial charge in [0, 0.05) is 36.7 Å². The van der Waals surface area contributed by atoms with E-state index < -0.39 is 0 Å². The van der Waals surface area contributed by atoms with Gasteiger partial charge in [-0.1, -0.05) is 6.08 Å². The third-order valence-electron chi connectivity index (χ3n) is 4.99. The molecular formula is C18H21FN2O2. The molecule has 3 rings (SSSR count). The second-order valence-corrected chi connectivity index (χ2v) is 6.40. The molecule has 0 saturated carbocycles. The number of nitrogens with zero attached hydrogens (tertiary/aromatic N) is 1. The summed E-state index contributed by atoms with van der Waals surface area (Å²) in [6, 6.07) is 5.53. The summed E-state index contributed by atoms with van der Waals surface area (Å²) < 4.78 is 13.0. The van der Waals surface area contributed by atoms with E-state index in [1.807, 2.05) is 7.05 Å². The van der Waals surface area contributed by atoms with Gasteiger partial charge < -0.3 is 10.2 Å². The summed E-state index contributed by atoms with van der Waals surface area (Å²) in [5, 5.41) is 2.97. The summed E-state index contributed by atoms with van der Waals surface area (Å²) in [7, 11) is 1.81. The van der Waals surface area contributed by atoms with Gasteiger partial charge in [0.1, 0.15) is 5.82 Å². The molecule has 0 radical (unpaired) electrons. The molecule has 0 unspecified atom stereocenters. The van der Waals surface area contributed by atoms with E-state index in [-0.39, 0.29) is 23.0 Å². The highest BCUT2D eigenvalue weighted by atomic mass is 19.1. The zero-order chi connectivity index (χ0) is 16.4. The lowest BCUT2D eigenvalue weighted by Gasteiger charge is -2.46. The van der Waals surface area contributed by atoms with Crippen LogP contribution in [0.3, 0.4) is 0 Å². The van der Waals surface area contributed by atoms with Gasteiger partial charge >= 0.3 is 0 Å². The van der Waals surface area contributed by atoms with E-state index in [0.29, 0.717) is 18.5 Å². The number of hydrogen-bond donors (Lipinski definition) is 1. The highest BCUT2D eigenvalue weighted by Gasteiger charge is 2.43. The van der Waals surface area contributed by atoms with E-state index in [2.05, 4.69) is 11.4 Å². The molecule has 0 aromatic heterocycles. The SMILES string of the molecule is CN1C(=O)CC[C@]2(CNC(=O)c3ccc(F)cc3)CCCC=C12. The smallest absolute Gasteiger partial charge is 0.251 e. The molecule has 1 saturated heterocycles. The van der Waals surface area contributed by atoms with Gasteiger partial charge in [-0.05, 0) is 49.9 Å². The van der Waals surface area contributed by atoms with E-state index in [1.165, 1.54) is 24.3 Å². The van der Waals surface area contributed by atoms with Crippen LogP contribution in [0.5, 0.6) is 0 Å².